The molecule has 0 aromatic heterocycles. The maximum absolute atomic E-state index is 4.99. The molecule has 5 heteroatoms. The summed E-state index contributed by atoms with van der Waals surface area (Å²) >= 11 is -0.166. The first-order valence-electron chi connectivity index (χ1n) is 6.45. The van der Waals surface area contributed by atoms with E-state index in [9.17, 15) is 0 Å². The van der Waals surface area contributed by atoms with E-state index in [-0.39, 0.29) is 21.2 Å². The topological polar surface area (TPSA) is 42.8 Å². The Hall–Kier alpha value is -1.60. The van der Waals surface area contributed by atoms with E-state index in [1.165, 1.54) is 13.5 Å². The smallest absolute Gasteiger partial charge is 0.357 e. The van der Waals surface area contributed by atoms with Crippen LogP contribution in [0.5, 0.6) is 0 Å². The molecule has 0 saturated carbocycles. The Balaban J connectivity index is 1.96. The fourth-order valence-corrected chi connectivity index (χ4v) is 3.77. The van der Waals surface area contributed by atoms with Crippen molar-refractivity contribution in [2.75, 3.05) is 26.3 Å². The van der Waals surface area contributed by atoms with Gasteiger partial charge in [-0.15, -0.1) is 0 Å². The summed E-state index contributed by atoms with van der Waals surface area (Å²) in [4.78, 5) is 4.16. The van der Waals surface area contributed by atoms with Gasteiger partial charge in [0.05, 0.1) is 12.8 Å². The number of anilines is 1. The highest BCUT2D eigenvalue weighted by atomic mass is 127. The van der Waals surface area contributed by atoms with Gasteiger partial charge >= 0.3 is 21.2 Å². The predicted octanol–water partition coefficient (Wildman–Crippen LogP) is 0.137. The van der Waals surface area contributed by atoms with Crippen molar-refractivity contribution >= 4 is 17.8 Å². The Bertz CT molecular complexity index is 568. The molecule has 0 bridgehead atoms. The van der Waals surface area contributed by atoms with Crippen LogP contribution in [0.2, 0.25) is 0 Å². The van der Waals surface area contributed by atoms with Gasteiger partial charge in [0.1, 0.15) is 6.73 Å². The van der Waals surface area contributed by atoms with E-state index in [0.717, 1.165) is 11.4 Å². The summed E-state index contributed by atoms with van der Waals surface area (Å²) in [6.45, 7) is 0.526. The zero-order chi connectivity index (χ0) is 14.9. The second kappa shape index (κ2) is 8.63. The first kappa shape index (κ1) is 15.8. The van der Waals surface area contributed by atoms with Gasteiger partial charge in [0.15, 0.2) is 13.5 Å². The van der Waals surface area contributed by atoms with Gasteiger partial charge < -0.3 is 14.8 Å². The first-order valence-corrected chi connectivity index (χ1v) is 8.60. The van der Waals surface area contributed by atoms with Crippen molar-refractivity contribution in [2.24, 2.45) is 4.99 Å². The maximum Gasteiger partial charge on any atom is 0.357 e. The lowest BCUT2D eigenvalue weighted by Gasteiger charge is -2.02. The summed E-state index contributed by atoms with van der Waals surface area (Å²) in [5, 5.41) is 3.17. The molecule has 0 amide bonds. The Kier molecular flexibility index (Phi) is 6.49. The third kappa shape index (κ3) is 5.35. The van der Waals surface area contributed by atoms with Crippen LogP contribution in [0.4, 0.5) is 11.4 Å². The highest BCUT2D eigenvalue weighted by molar-refractivity contribution is 5.54. The summed E-state index contributed by atoms with van der Waals surface area (Å²) in [6, 6.07) is 16.8. The van der Waals surface area contributed by atoms with Crippen molar-refractivity contribution in [3.8, 4) is 0 Å². The molecule has 110 valence electrons. The first-order chi connectivity index (χ1) is 10.3. The van der Waals surface area contributed by atoms with E-state index in [4.69, 9.17) is 9.47 Å². The van der Waals surface area contributed by atoms with E-state index < -0.39 is 0 Å². The lowest BCUT2D eigenvalue weighted by Crippen LogP contribution is -3.61. The zero-order valence-electron chi connectivity index (χ0n) is 12.0. The number of halogens is 1. The minimum absolute atomic E-state index is 0.166. The maximum atomic E-state index is 4.99. The fourth-order valence-electron chi connectivity index (χ4n) is 1.62. The molecule has 0 saturated heterocycles. The van der Waals surface area contributed by atoms with Crippen LogP contribution in [0.1, 0.15) is 0 Å². The Labute approximate surface area is 135 Å². The van der Waals surface area contributed by atoms with Gasteiger partial charge in [0, 0.05) is 12.8 Å². The number of ether oxygens (including phenoxy) is 2. The summed E-state index contributed by atoms with van der Waals surface area (Å²) < 4.78 is 12.5. The van der Waals surface area contributed by atoms with Gasteiger partial charge in [-0.05, 0) is 48.5 Å². The van der Waals surface area contributed by atoms with Crippen molar-refractivity contribution in [1.29, 1.82) is 0 Å². The predicted molar refractivity (Wildman–Crippen MR) is 80.9 cm³/mol. The summed E-state index contributed by atoms with van der Waals surface area (Å²) in [5.74, 6) is 0. The lowest BCUT2D eigenvalue weighted by molar-refractivity contribution is -0.597. The van der Waals surface area contributed by atoms with Gasteiger partial charge in [0.2, 0.25) is 0 Å². The van der Waals surface area contributed by atoms with Gasteiger partial charge in [-0.1, -0.05) is 0 Å². The molecule has 0 spiro atoms. The summed E-state index contributed by atoms with van der Waals surface area (Å²) in [6.07, 6.45) is 1.44. The third-order valence-corrected chi connectivity index (χ3v) is 5.30. The number of rotatable bonds is 7. The van der Waals surface area contributed by atoms with Crippen molar-refractivity contribution in [3.63, 3.8) is 0 Å². The molecular formula is C16H18IN2O2+. The molecule has 1 N–H and O–H groups in total. The number of nitrogens with one attached hydrogen (secondary N) is 1. The molecule has 0 fully saturated rings. The minimum atomic E-state index is -0.166. The van der Waals surface area contributed by atoms with Crippen molar-refractivity contribution < 1.29 is 30.7 Å². The summed E-state index contributed by atoms with van der Waals surface area (Å²) in [5.41, 5.74) is 1.98. The van der Waals surface area contributed by atoms with Crippen LogP contribution in [0.3, 0.4) is 0 Å². The Morgan fingerprint density at radius 2 is 1.62 bits per heavy atom. The molecule has 0 heterocycles. The van der Waals surface area contributed by atoms with E-state index in [0.29, 0.717) is 6.73 Å². The molecule has 0 unspecified atom stereocenters. The average molecular weight is 397 g/mol. The number of hydrogen-bond donors (Lipinski definition) is 1. The van der Waals surface area contributed by atoms with Crippen LogP contribution in [0.25, 0.3) is 0 Å². The Morgan fingerprint density at radius 3 is 2.19 bits per heavy atom. The molecule has 4 nitrogen and oxygen atoms in total. The van der Waals surface area contributed by atoms with Crippen LogP contribution in [0.15, 0.2) is 53.5 Å². The molecule has 0 radical (unpaired) electrons. The van der Waals surface area contributed by atoms with Crippen LogP contribution >= 0.6 is 0 Å². The number of aliphatic imine (C=N–C) groups is 1. The monoisotopic (exact) mass is 397 g/mol. The molecule has 0 aliphatic carbocycles. The molecule has 0 atom stereocenters. The van der Waals surface area contributed by atoms with Crippen LogP contribution < -0.4 is 26.5 Å². The number of methoxy groups -OCH3 is 2. The number of nitrogens with zero attached hydrogens (tertiary/aromatic N) is 1. The van der Waals surface area contributed by atoms with Gasteiger partial charge in [-0.25, -0.2) is 4.99 Å². The van der Waals surface area contributed by atoms with Crippen LogP contribution in [0, 0.1) is 7.14 Å². The van der Waals surface area contributed by atoms with Crippen LogP contribution in [-0.4, -0.2) is 27.4 Å². The van der Waals surface area contributed by atoms with E-state index in [1.807, 2.05) is 12.1 Å². The molecular weight excluding hydrogens is 379 g/mol. The third-order valence-electron chi connectivity index (χ3n) is 2.62. The van der Waals surface area contributed by atoms with E-state index >= 15 is 0 Å². The minimum Gasteiger partial charge on any atom is -0.486 e. The largest absolute Gasteiger partial charge is 0.486 e. The molecule has 2 rings (SSSR count). The quantitative estimate of drug-likeness (QED) is 0.313. The van der Waals surface area contributed by atoms with Crippen LogP contribution in [-0.2, 0) is 9.47 Å². The molecule has 0 aliphatic rings. The van der Waals surface area contributed by atoms with Gasteiger partial charge in [-0.3, -0.25) is 0 Å². The van der Waals surface area contributed by atoms with Gasteiger partial charge in [0.25, 0.3) is 0 Å². The fraction of sp³-hybridized carbons (Fsp3) is 0.188. The second-order valence-corrected chi connectivity index (χ2v) is 7.19. The highest BCUT2D eigenvalue weighted by Gasteiger charge is 2.14. The zero-order valence-corrected chi connectivity index (χ0v) is 14.2. The summed E-state index contributed by atoms with van der Waals surface area (Å²) in [7, 11) is 3.27. The lowest BCUT2D eigenvalue weighted by atomic mass is 10.3. The molecule has 2 aromatic carbocycles. The highest BCUT2D eigenvalue weighted by Crippen LogP contribution is 2.08. The molecule has 21 heavy (non-hydrogen) atoms. The average Bonchev–Trinajstić information content (AvgIpc) is 2.53. The van der Waals surface area contributed by atoms with Crippen molar-refractivity contribution in [2.45, 2.75) is 0 Å². The van der Waals surface area contributed by atoms with E-state index in [1.54, 1.807) is 14.2 Å². The normalized spacial score (nSPS) is 10.8. The standard InChI is InChI=1S/C16H18IN2O2/c1-20-11-18-15-7-3-13(4-8-15)17-14-5-9-16(10-6-14)19-12-21-2/h3-11,19H,12H2,1-2H3/q+1. The van der Waals surface area contributed by atoms with E-state index in [2.05, 4.69) is 46.7 Å². The second-order valence-electron chi connectivity index (χ2n) is 4.16. The molecule has 0 aliphatic heterocycles. The van der Waals surface area contributed by atoms with Gasteiger partial charge in [-0.2, -0.15) is 0 Å². The number of benzene rings is 2. The van der Waals surface area contributed by atoms with Crippen molar-refractivity contribution in [3.05, 3.63) is 55.7 Å². The molecule has 2 aromatic rings. The number of hydrogen-bond acceptors (Lipinski definition) is 4. The SMILES string of the molecule is COC=Nc1ccc([I+]c2ccc(NCOC)cc2)cc1. The Morgan fingerprint density at radius 1 is 1.00 bits per heavy atom. The van der Waals surface area contributed by atoms with Crippen molar-refractivity contribution in [1.82, 2.24) is 0 Å².